The highest BCUT2D eigenvalue weighted by Crippen LogP contribution is 2.22. The number of nitrogens with zero attached hydrogens (tertiary/aromatic N) is 3. The van der Waals surface area contributed by atoms with Crippen molar-refractivity contribution in [3.8, 4) is 0 Å². The van der Waals surface area contributed by atoms with Crippen LogP contribution in [0.3, 0.4) is 0 Å². The molecule has 1 amide bonds. The Labute approximate surface area is 111 Å². The molecule has 6 heteroatoms. The number of aromatic nitrogens is 2. The molecular formula is C12H18N4OS. The van der Waals surface area contributed by atoms with Gasteiger partial charge in [-0.25, -0.2) is 9.97 Å². The van der Waals surface area contributed by atoms with Gasteiger partial charge in [-0.2, -0.15) is 11.8 Å². The normalized spacial score (nSPS) is 19.9. The lowest BCUT2D eigenvalue weighted by atomic mass is 10.2. The van der Waals surface area contributed by atoms with Crippen molar-refractivity contribution in [2.75, 3.05) is 24.6 Å². The summed E-state index contributed by atoms with van der Waals surface area (Å²) in [5.41, 5.74) is 6.71. The van der Waals surface area contributed by atoms with Crippen molar-refractivity contribution in [2.24, 2.45) is 0 Å². The van der Waals surface area contributed by atoms with Crippen LogP contribution in [0.15, 0.2) is 6.07 Å². The lowest BCUT2D eigenvalue weighted by Crippen LogP contribution is -2.42. The molecular weight excluding hydrogens is 248 g/mol. The maximum absolute atomic E-state index is 12.3. The average molecular weight is 266 g/mol. The van der Waals surface area contributed by atoms with Crippen LogP contribution in [0.4, 0.5) is 5.95 Å². The maximum atomic E-state index is 12.3. The molecule has 1 fully saturated rings. The number of anilines is 1. The Morgan fingerprint density at radius 1 is 1.61 bits per heavy atom. The monoisotopic (exact) mass is 266 g/mol. The molecule has 0 spiro atoms. The first kappa shape index (κ1) is 13.1. The molecule has 0 aromatic carbocycles. The number of hydrogen-bond donors (Lipinski definition) is 1. The highest BCUT2D eigenvalue weighted by Gasteiger charge is 2.24. The van der Waals surface area contributed by atoms with E-state index < -0.39 is 0 Å². The average Bonchev–Trinajstić information content (AvgIpc) is 2.37. The van der Waals surface area contributed by atoms with E-state index in [0.29, 0.717) is 10.9 Å². The summed E-state index contributed by atoms with van der Waals surface area (Å²) in [6.07, 6.45) is 1.08. The predicted molar refractivity (Wildman–Crippen MR) is 73.6 cm³/mol. The van der Waals surface area contributed by atoms with Crippen molar-refractivity contribution in [1.82, 2.24) is 14.9 Å². The van der Waals surface area contributed by atoms with Gasteiger partial charge in [-0.05, 0) is 19.4 Å². The largest absolute Gasteiger partial charge is 0.368 e. The summed E-state index contributed by atoms with van der Waals surface area (Å²) in [7, 11) is 0. The second-order valence-corrected chi connectivity index (χ2v) is 5.81. The van der Waals surface area contributed by atoms with Gasteiger partial charge >= 0.3 is 0 Å². The van der Waals surface area contributed by atoms with Crippen LogP contribution in [0, 0.1) is 6.92 Å². The molecule has 1 aromatic heterocycles. The third-order valence-corrected chi connectivity index (χ3v) is 4.34. The number of carbonyl (C=O) groups excluding carboxylic acids is 1. The number of aryl methyl sites for hydroxylation is 1. The minimum atomic E-state index is -0.0362. The quantitative estimate of drug-likeness (QED) is 0.874. The Morgan fingerprint density at radius 2 is 2.39 bits per heavy atom. The Morgan fingerprint density at radius 3 is 3.06 bits per heavy atom. The van der Waals surface area contributed by atoms with E-state index in [-0.39, 0.29) is 11.9 Å². The molecule has 1 aliphatic heterocycles. The van der Waals surface area contributed by atoms with Crippen molar-refractivity contribution >= 4 is 23.6 Å². The third kappa shape index (κ3) is 2.93. The SMILES string of the molecule is CCC1CN(C(=O)c2cc(C)nc(N)n2)CCS1. The summed E-state index contributed by atoms with van der Waals surface area (Å²) in [4.78, 5) is 22.2. The summed E-state index contributed by atoms with van der Waals surface area (Å²) in [5.74, 6) is 1.12. The van der Waals surface area contributed by atoms with E-state index in [1.54, 1.807) is 6.07 Å². The molecule has 2 heterocycles. The van der Waals surface area contributed by atoms with Crippen molar-refractivity contribution in [3.05, 3.63) is 17.5 Å². The van der Waals surface area contributed by atoms with Crippen molar-refractivity contribution in [1.29, 1.82) is 0 Å². The number of carbonyl (C=O) groups is 1. The molecule has 0 bridgehead atoms. The smallest absolute Gasteiger partial charge is 0.272 e. The maximum Gasteiger partial charge on any atom is 0.272 e. The Hall–Kier alpha value is -1.30. The van der Waals surface area contributed by atoms with E-state index in [1.165, 1.54) is 0 Å². The topological polar surface area (TPSA) is 72.1 Å². The summed E-state index contributed by atoms with van der Waals surface area (Å²) in [6, 6.07) is 1.70. The molecule has 0 aliphatic carbocycles. The minimum absolute atomic E-state index is 0.0362. The lowest BCUT2D eigenvalue weighted by molar-refractivity contribution is 0.0755. The zero-order valence-corrected chi connectivity index (χ0v) is 11.5. The van der Waals surface area contributed by atoms with Crippen LogP contribution in [0.25, 0.3) is 0 Å². The van der Waals surface area contributed by atoms with Crippen molar-refractivity contribution in [3.63, 3.8) is 0 Å². The highest BCUT2D eigenvalue weighted by molar-refractivity contribution is 8.00. The van der Waals surface area contributed by atoms with Crippen LogP contribution in [-0.2, 0) is 0 Å². The predicted octanol–water partition coefficient (Wildman–Crippen LogP) is 1.33. The van der Waals surface area contributed by atoms with Crippen LogP contribution in [0.2, 0.25) is 0 Å². The summed E-state index contributed by atoms with van der Waals surface area (Å²) in [5, 5.41) is 0.531. The van der Waals surface area contributed by atoms with E-state index in [1.807, 2.05) is 23.6 Å². The third-order valence-electron chi connectivity index (χ3n) is 2.97. The Bertz CT molecular complexity index is 431. The van der Waals surface area contributed by atoms with Gasteiger partial charge in [0.25, 0.3) is 5.91 Å². The van der Waals surface area contributed by atoms with Gasteiger partial charge in [-0.1, -0.05) is 6.92 Å². The minimum Gasteiger partial charge on any atom is -0.368 e. The molecule has 1 aromatic rings. The van der Waals surface area contributed by atoms with Gasteiger partial charge in [0.2, 0.25) is 5.95 Å². The van der Waals surface area contributed by atoms with Crippen molar-refractivity contribution in [2.45, 2.75) is 25.5 Å². The van der Waals surface area contributed by atoms with Gasteiger partial charge in [0.15, 0.2) is 0 Å². The zero-order chi connectivity index (χ0) is 13.1. The number of amides is 1. The summed E-state index contributed by atoms with van der Waals surface area (Å²) >= 11 is 1.93. The van der Waals surface area contributed by atoms with Gasteiger partial charge in [-0.15, -0.1) is 0 Å². The number of nitrogens with two attached hydrogens (primary N) is 1. The Balaban J connectivity index is 2.15. The summed E-state index contributed by atoms with van der Waals surface area (Å²) in [6.45, 7) is 5.54. The molecule has 0 radical (unpaired) electrons. The number of hydrogen-bond acceptors (Lipinski definition) is 5. The number of thioether (sulfide) groups is 1. The van der Waals surface area contributed by atoms with Gasteiger partial charge < -0.3 is 10.6 Å². The van der Waals surface area contributed by atoms with Crippen LogP contribution in [0.5, 0.6) is 0 Å². The van der Waals surface area contributed by atoms with E-state index >= 15 is 0 Å². The zero-order valence-electron chi connectivity index (χ0n) is 10.7. The van der Waals surface area contributed by atoms with Gasteiger partial charge in [-0.3, -0.25) is 4.79 Å². The van der Waals surface area contributed by atoms with E-state index in [2.05, 4.69) is 16.9 Å². The molecule has 2 rings (SSSR count). The van der Waals surface area contributed by atoms with E-state index in [0.717, 1.165) is 31.0 Å². The first-order valence-corrected chi connectivity index (χ1v) is 7.17. The molecule has 1 unspecified atom stereocenters. The Kier molecular flexibility index (Phi) is 4.06. The van der Waals surface area contributed by atoms with Crippen molar-refractivity contribution < 1.29 is 4.79 Å². The molecule has 5 nitrogen and oxygen atoms in total. The number of rotatable bonds is 2. The van der Waals surface area contributed by atoms with E-state index in [4.69, 9.17) is 5.73 Å². The molecule has 18 heavy (non-hydrogen) atoms. The lowest BCUT2D eigenvalue weighted by Gasteiger charge is -2.31. The van der Waals surface area contributed by atoms with Crippen LogP contribution in [0.1, 0.15) is 29.5 Å². The fourth-order valence-electron chi connectivity index (χ4n) is 2.01. The van der Waals surface area contributed by atoms with Crippen LogP contribution < -0.4 is 5.73 Å². The fraction of sp³-hybridized carbons (Fsp3) is 0.583. The van der Waals surface area contributed by atoms with E-state index in [9.17, 15) is 4.79 Å². The highest BCUT2D eigenvalue weighted by atomic mass is 32.2. The fourth-order valence-corrected chi connectivity index (χ4v) is 3.19. The molecule has 1 saturated heterocycles. The van der Waals surface area contributed by atoms with Crippen LogP contribution in [-0.4, -0.2) is 44.9 Å². The second kappa shape index (κ2) is 5.56. The molecule has 98 valence electrons. The van der Waals surface area contributed by atoms with Crippen LogP contribution >= 0.6 is 11.8 Å². The standard InChI is InChI=1S/C12H18N4OS/c1-3-9-7-16(4-5-18-9)11(17)10-6-8(2)14-12(13)15-10/h6,9H,3-5,7H2,1-2H3,(H2,13,14,15). The molecule has 1 atom stereocenters. The number of nitrogen functional groups attached to an aromatic ring is 1. The second-order valence-electron chi connectivity index (χ2n) is 4.40. The van der Waals surface area contributed by atoms with Gasteiger partial charge in [0.1, 0.15) is 5.69 Å². The molecule has 2 N–H and O–H groups in total. The first-order valence-electron chi connectivity index (χ1n) is 6.12. The molecule has 0 saturated carbocycles. The van der Waals surface area contributed by atoms with Gasteiger partial charge in [0, 0.05) is 29.8 Å². The first-order chi connectivity index (χ1) is 8.60. The van der Waals surface area contributed by atoms with Gasteiger partial charge in [0.05, 0.1) is 0 Å². The summed E-state index contributed by atoms with van der Waals surface area (Å²) < 4.78 is 0. The molecule has 1 aliphatic rings.